The number of hydrogen-bond acceptors (Lipinski definition) is 5. The van der Waals surface area contributed by atoms with Crippen LogP contribution in [0.2, 0.25) is 0 Å². The van der Waals surface area contributed by atoms with Gasteiger partial charge in [-0.15, -0.1) is 0 Å². The largest absolute Gasteiger partial charge is 0.478 e. The van der Waals surface area contributed by atoms with Crippen molar-refractivity contribution in [3.63, 3.8) is 0 Å². The van der Waals surface area contributed by atoms with E-state index in [0.717, 1.165) is 12.2 Å². The van der Waals surface area contributed by atoms with E-state index < -0.39 is 5.97 Å². The van der Waals surface area contributed by atoms with Gasteiger partial charge in [-0.1, -0.05) is 0 Å². The van der Waals surface area contributed by atoms with Gasteiger partial charge in [0.05, 0.1) is 5.69 Å². The predicted molar refractivity (Wildman–Crippen MR) is 63.4 cm³/mol. The summed E-state index contributed by atoms with van der Waals surface area (Å²) in [6.07, 6.45) is 3.61. The number of thioether (sulfide) groups is 1. The quantitative estimate of drug-likeness (QED) is 0.726. The average molecular weight is 241 g/mol. The molecule has 5 nitrogen and oxygen atoms in total. The van der Waals surface area contributed by atoms with Crippen LogP contribution in [0, 0.1) is 0 Å². The smallest absolute Gasteiger partial charge is 0.339 e. The van der Waals surface area contributed by atoms with E-state index in [1.54, 1.807) is 11.8 Å². The number of nitrogens with two attached hydrogens (primary N) is 1. The molecule has 0 saturated carbocycles. The van der Waals surface area contributed by atoms with E-state index in [1.807, 2.05) is 6.92 Å². The van der Waals surface area contributed by atoms with E-state index in [9.17, 15) is 4.79 Å². The Balaban J connectivity index is 2.50. The molecular formula is C10H15N3O2S. The van der Waals surface area contributed by atoms with Crippen LogP contribution in [0.3, 0.4) is 0 Å². The molecular weight excluding hydrogens is 226 g/mol. The van der Waals surface area contributed by atoms with Crippen molar-refractivity contribution in [2.45, 2.75) is 25.1 Å². The number of aromatic nitrogens is 2. The molecule has 1 atom stereocenters. The molecule has 16 heavy (non-hydrogen) atoms. The van der Waals surface area contributed by atoms with Crippen molar-refractivity contribution < 1.29 is 9.90 Å². The Kier molecular flexibility index (Phi) is 5.21. The molecule has 0 bridgehead atoms. The fourth-order valence-electron chi connectivity index (χ4n) is 1.09. The van der Waals surface area contributed by atoms with Gasteiger partial charge in [0.15, 0.2) is 0 Å². The molecule has 0 aliphatic rings. The first-order chi connectivity index (χ1) is 7.61. The summed E-state index contributed by atoms with van der Waals surface area (Å²) in [5.74, 6) is 0.501. The molecule has 3 N–H and O–H groups in total. The molecule has 0 amide bonds. The minimum atomic E-state index is -0.983. The Labute approximate surface area is 98.5 Å². The highest BCUT2D eigenvalue weighted by Crippen LogP contribution is 2.14. The Morgan fingerprint density at radius 2 is 2.44 bits per heavy atom. The van der Waals surface area contributed by atoms with Crippen LogP contribution >= 0.6 is 11.8 Å². The second-order valence-corrected chi connectivity index (χ2v) is 4.61. The van der Waals surface area contributed by atoms with Gasteiger partial charge in [0, 0.05) is 18.0 Å². The minimum absolute atomic E-state index is 0.177. The normalized spacial score (nSPS) is 12.4. The lowest BCUT2D eigenvalue weighted by atomic mass is 10.2. The van der Waals surface area contributed by atoms with Crippen molar-refractivity contribution in [2.24, 2.45) is 5.73 Å². The maximum absolute atomic E-state index is 10.9. The summed E-state index contributed by atoms with van der Waals surface area (Å²) in [6.45, 7) is 1.95. The Morgan fingerprint density at radius 3 is 3.06 bits per heavy atom. The van der Waals surface area contributed by atoms with Crippen LogP contribution in [0.5, 0.6) is 0 Å². The summed E-state index contributed by atoms with van der Waals surface area (Å²) in [7, 11) is 0. The van der Waals surface area contributed by atoms with Crippen molar-refractivity contribution >= 4 is 17.7 Å². The first kappa shape index (κ1) is 12.9. The molecule has 1 aromatic rings. The number of carbonyl (C=O) groups is 1. The third-order valence-electron chi connectivity index (χ3n) is 1.98. The zero-order chi connectivity index (χ0) is 12.0. The van der Waals surface area contributed by atoms with Gasteiger partial charge < -0.3 is 10.8 Å². The van der Waals surface area contributed by atoms with Crippen LogP contribution in [-0.4, -0.2) is 32.8 Å². The molecule has 0 aliphatic heterocycles. The molecule has 1 unspecified atom stereocenters. The number of hydrogen-bond donors (Lipinski definition) is 2. The van der Waals surface area contributed by atoms with Gasteiger partial charge in [-0.3, -0.25) is 0 Å². The molecule has 6 heteroatoms. The van der Waals surface area contributed by atoms with Gasteiger partial charge in [0.25, 0.3) is 0 Å². The monoisotopic (exact) mass is 241 g/mol. The van der Waals surface area contributed by atoms with Gasteiger partial charge in [0.1, 0.15) is 11.9 Å². The fourth-order valence-corrected chi connectivity index (χ4v) is 2.19. The number of nitrogens with zero attached hydrogens (tertiary/aromatic N) is 2. The number of aromatic carboxylic acids is 1. The summed E-state index contributed by atoms with van der Waals surface area (Å²) < 4.78 is 0. The minimum Gasteiger partial charge on any atom is -0.478 e. The van der Waals surface area contributed by atoms with E-state index in [1.165, 1.54) is 12.5 Å². The highest BCUT2D eigenvalue weighted by molar-refractivity contribution is 7.98. The lowest BCUT2D eigenvalue weighted by Crippen LogP contribution is -2.15. The van der Waals surface area contributed by atoms with E-state index in [4.69, 9.17) is 10.8 Å². The highest BCUT2D eigenvalue weighted by Gasteiger charge is 2.10. The summed E-state index contributed by atoms with van der Waals surface area (Å²) in [4.78, 5) is 18.5. The Bertz CT molecular complexity index is 358. The van der Waals surface area contributed by atoms with Gasteiger partial charge in [-0.25, -0.2) is 14.8 Å². The summed E-state index contributed by atoms with van der Waals surface area (Å²) in [6, 6.07) is 0.178. The Morgan fingerprint density at radius 1 is 1.69 bits per heavy atom. The molecule has 0 spiro atoms. The molecule has 1 heterocycles. The van der Waals surface area contributed by atoms with Gasteiger partial charge in [-0.05, 0) is 19.1 Å². The summed E-state index contributed by atoms with van der Waals surface area (Å²) in [5, 5.41) is 8.90. The van der Waals surface area contributed by atoms with E-state index >= 15 is 0 Å². The van der Waals surface area contributed by atoms with Gasteiger partial charge in [0.2, 0.25) is 0 Å². The average Bonchev–Trinajstić information content (AvgIpc) is 2.24. The molecule has 88 valence electrons. The van der Waals surface area contributed by atoms with Crippen LogP contribution in [-0.2, 0) is 5.75 Å². The van der Waals surface area contributed by atoms with Crippen LogP contribution in [0.4, 0.5) is 0 Å². The molecule has 1 rings (SSSR count). The van der Waals surface area contributed by atoms with Gasteiger partial charge >= 0.3 is 5.97 Å². The molecule has 0 aliphatic carbocycles. The molecule has 1 aromatic heterocycles. The maximum atomic E-state index is 10.9. The van der Waals surface area contributed by atoms with Crippen LogP contribution < -0.4 is 5.73 Å². The number of carboxylic acid groups (broad SMARTS) is 1. The molecule has 0 aromatic carbocycles. The fraction of sp³-hybridized carbons (Fsp3) is 0.500. The maximum Gasteiger partial charge on any atom is 0.339 e. The van der Waals surface area contributed by atoms with Crippen LogP contribution in [0.15, 0.2) is 12.5 Å². The van der Waals surface area contributed by atoms with Crippen LogP contribution in [0.25, 0.3) is 0 Å². The second-order valence-electron chi connectivity index (χ2n) is 3.51. The molecule has 0 radical (unpaired) electrons. The van der Waals surface area contributed by atoms with Crippen molar-refractivity contribution in [1.29, 1.82) is 0 Å². The van der Waals surface area contributed by atoms with Crippen molar-refractivity contribution in [2.75, 3.05) is 5.75 Å². The van der Waals surface area contributed by atoms with Crippen molar-refractivity contribution in [3.8, 4) is 0 Å². The van der Waals surface area contributed by atoms with E-state index in [-0.39, 0.29) is 11.6 Å². The van der Waals surface area contributed by atoms with E-state index in [0.29, 0.717) is 11.4 Å². The molecule has 0 saturated heterocycles. The summed E-state index contributed by atoms with van der Waals surface area (Å²) in [5.41, 5.74) is 6.36. The summed E-state index contributed by atoms with van der Waals surface area (Å²) >= 11 is 1.63. The first-order valence-electron chi connectivity index (χ1n) is 4.96. The van der Waals surface area contributed by atoms with Gasteiger partial charge in [-0.2, -0.15) is 11.8 Å². The second kappa shape index (κ2) is 6.44. The van der Waals surface area contributed by atoms with E-state index in [2.05, 4.69) is 9.97 Å². The highest BCUT2D eigenvalue weighted by atomic mass is 32.2. The first-order valence-corrected chi connectivity index (χ1v) is 6.12. The van der Waals surface area contributed by atoms with Crippen molar-refractivity contribution in [1.82, 2.24) is 9.97 Å². The topological polar surface area (TPSA) is 89.1 Å². The number of carboxylic acids is 1. The Hall–Kier alpha value is -1.14. The third-order valence-corrected chi connectivity index (χ3v) is 2.98. The standard InChI is InChI=1S/C10H15N3O2S/c1-7(11)2-3-16-5-9-8(10(14)15)4-12-6-13-9/h4,6-7H,2-3,5,11H2,1H3,(H,14,15). The lowest BCUT2D eigenvalue weighted by Gasteiger charge is -2.05. The number of rotatable bonds is 6. The zero-order valence-corrected chi connectivity index (χ0v) is 9.91. The lowest BCUT2D eigenvalue weighted by molar-refractivity contribution is 0.0695. The SMILES string of the molecule is CC(N)CCSCc1ncncc1C(=O)O. The zero-order valence-electron chi connectivity index (χ0n) is 9.09. The third kappa shape index (κ3) is 4.16. The van der Waals surface area contributed by atoms with Crippen molar-refractivity contribution in [3.05, 3.63) is 23.8 Å². The van der Waals surface area contributed by atoms with Crippen LogP contribution in [0.1, 0.15) is 29.4 Å². The molecule has 0 fully saturated rings. The predicted octanol–water partition coefficient (Wildman–Crippen LogP) is 1.15.